The van der Waals surface area contributed by atoms with Gasteiger partial charge in [0.1, 0.15) is 11.2 Å². The largest absolute Gasteiger partial charge is 0.456 e. The zero-order valence-electron chi connectivity index (χ0n) is 54.0. The molecule has 2 aromatic heterocycles. The minimum atomic E-state index is -0.00330. The van der Waals surface area contributed by atoms with Gasteiger partial charge in [-0.2, -0.15) is 0 Å². The minimum absolute atomic E-state index is 0.00330. The Hall–Kier alpha value is -9.03. The molecule has 2 nitrogen and oxygen atoms in total. The average molecular weight is 1370 g/mol. The lowest BCUT2D eigenvalue weighted by Gasteiger charge is -2.35. The first-order chi connectivity index (χ1) is 48.7. The van der Waals surface area contributed by atoms with E-state index < -0.39 is 0 Å². The maximum Gasteiger partial charge on any atom is 0.247 e. The second kappa shape index (κ2) is 21.7. The van der Waals surface area contributed by atoms with Crippen LogP contribution in [0.25, 0.3) is 93.9 Å². The van der Waals surface area contributed by atoms with E-state index in [1.165, 1.54) is 191 Å². The maximum atomic E-state index is 6.71. The van der Waals surface area contributed by atoms with E-state index in [1.807, 2.05) is 70.6 Å². The van der Waals surface area contributed by atoms with Gasteiger partial charge in [-0.15, -0.1) is 0 Å². The molecule has 6 aliphatic rings. The van der Waals surface area contributed by atoms with Crippen LogP contribution in [0.2, 0.25) is 0 Å². The first-order valence-corrected chi connectivity index (χ1v) is 38.9. The Balaban J connectivity index is 0.634. The molecule has 0 aliphatic carbocycles. The summed E-state index contributed by atoms with van der Waals surface area (Å²) in [6.45, 7) is 7.39. The summed E-state index contributed by atoms with van der Waals surface area (Å²) in [5.74, 6) is 0. The van der Waals surface area contributed by atoms with Crippen molar-refractivity contribution >= 4 is 184 Å². The van der Waals surface area contributed by atoms with Crippen LogP contribution in [-0.2, 0) is 5.41 Å². The van der Waals surface area contributed by atoms with Gasteiger partial charge >= 0.3 is 0 Å². The lowest BCUT2D eigenvalue weighted by Crippen LogP contribution is -2.58. The lowest BCUT2D eigenvalue weighted by molar-refractivity contribution is 0.587. The van der Waals surface area contributed by atoms with Gasteiger partial charge in [0.15, 0.2) is 0 Å². The minimum Gasteiger partial charge on any atom is -0.456 e. The van der Waals surface area contributed by atoms with Crippen LogP contribution in [0.5, 0.6) is 0 Å². The number of furan rings is 1. The summed E-state index contributed by atoms with van der Waals surface area (Å²) < 4.78 is 9.23. The van der Waals surface area contributed by atoms with Gasteiger partial charge in [0, 0.05) is 86.0 Å². The predicted molar refractivity (Wildman–Crippen MR) is 426 cm³/mol. The second-order valence-electron chi connectivity index (χ2n) is 28.0. The van der Waals surface area contributed by atoms with Crippen LogP contribution in [0.3, 0.4) is 0 Å². The van der Waals surface area contributed by atoms with Gasteiger partial charge in [0.25, 0.3) is 0 Å². The molecule has 0 atom stereocenters. The van der Waals surface area contributed by atoms with Crippen LogP contribution in [-0.4, -0.2) is 24.7 Å². The van der Waals surface area contributed by atoms with E-state index in [4.69, 9.17) is 4.42 Å². The molecule has 0 N–H and O–H groups in total. The molecule has 462 valence electrons. The Bertz CT molecular complexity index is 6250. The van der Waals surface area contributed by atoms with Gasteiger partial charge in [-0.25, -0.2) is 0 Å². The predicted octanol–water partition coefficient (Wildman–Crippen LogP) is 19.0. The number of hydrogen-bond donors (Lipinski definition) is 0. The molecule has 0 saturated carbocycles. The summed E-state index contributed by atoms with van der Waals surface area (Å²) in [6, 6.07) is 104. The second-order valence-corrected chi connectivity index (χ2v) is 34.4. The maximum absolute atomic E-state index is 6.71. The van der Waals surface area contributed by atoms with Crippen molar-refractivity contribution in [3.63, 3.8) is 0 Å². The highest BCUT2D eigenvalue weighted by Crippen LogP contribution is 2.51. The third-order valence-electron chi connectivity index (χ3n) is 21.5. The fourth-order valence-electron chi connectivity index (χ4n) is 17.0. The molecule has 8 heterocycles. The van der Waals surface area contributed by atoms with E-state index in [-0.39, 0.29) is 25.6 Å². The van der Waals surface area contributed by atoms with Crippen LogP contribution in [0, 0.1) is 0 Å². The molecule has 0 saturated heterocycles. The molecule has 99 heavy (non-hydrogen) atoms. The van der Waals surface area contributed by atoms with Crippen LogP contribution in [0.15, 0.2) is 336 Å². The number of rotatable bonds is 5. The molecule has 0 spiro atoms. The molecule has 22 rings (SSSR count). The number of para-hydroxylation sites is 2. The standard InChI is InChI=1S/C88H54B3NOS6/c1-88(2,3)54-45-76-82-77(46-54)96-75-41-39-53(56-20-4-5-21-57(56)58-24-17-28-64-85(58)99-79-48-70-81(60-23-7-12-30-69(60)93-70)87-84(79)90(64)63-27-10-15-33-73(63)98-87)44-66(75)91(82)65-43-52(38-40-74(65)95-76)50-36-34-49(35-37-50)51-18-16-19-55(42-51)92-67-29-11-6-22-59(67)80-68(92)47-78-83-86(80)97-72-32-14-9-26-62(72)89(83)61-25-8-13-31-71(61)94-78/h4-48H,1-3H3. The van der Waals surface area contributed by atoms with Crippen LogP contribution in [0.1, 0.15) is 26.3 Å². The number of fused-ring (bicyclic) bond motifs is 20. The quantitative estimate of drug-likeness (QED) is 0.158. The number of hydrogen-bond acceptors (Lipinski definition) is 7. The fourth-order valence-corrected chi connectivity index (χ4v) is 24.7. The van der Waals surface area contributed by atoms with Crippen LogP contribution < -0.4 is 49.2 Å². The van der Waals surface area contributed by atoms with Crippen molar-refractivity contribution < 1.29 is 4.42 Å². The van der Waals surface area contributed by atoms with Gasteiger partial charge in [-0.1, -0.05) is 318 Å². The summed E-state index contributed by atoms with van der Waals surface area (Å²) in [5.41, 5.74) is 29.3. The van der Waals surface area contributed by atoms with E-state index in [1.54, 1.807) is 0 Å². The summed E-state index contributed by atoms with van der Waals surface area (Å²) in [7, 11) is 0. The zero-order valence-corrected chi connectivity index (χ0v) is 58.9. The third kappa shape index (κ3) is 8.65. The van der Waals surface area contributed by atoms with Gasteiger partial charge in [-0.3, -0.25) is 0 Å². The number of aromatic nitrogens is 1. The SMILES string of the molecule is CC(C)(C)c1cc2c3c(c1)Sc1ccc(-c4ccccc4-c4cccc5c4Sc4cc6oc7ccccc7c6c6c4B5c4ccccc4S6)cc1B3c1cc(-c3ccc(-c4cccc(-n5c6ccccc6c6c7c8c(cc65)Sc5ccccc5B8c5ccccc5S7)c4)cc3)ccc1S2. The lowest BCUT2D eigenvalue weighted by atomic mass is 9.36. The van der Waals surface area contributed by atoms with Crippen molar-refractivity contribution in [1.29, 1.82) is 0 Å². The molecule has 0 amide bonds. The summed E-state index contributed by atoms with van der Waals surface area (Å²) in [4.78, 5) is 16.1. The topological polar surface area (TPSA) is 18.1 Å². The molecular formula is C88H54B3NOS6. The fraction of sp³-hybridized carbons (Fsp3) is 0.0455. The van der Waals surface area contributed by atoms with Crippen LogP contribution in [0.4, 0.5) is 0 Å². The molecule has 0 unspecified atom stereocenters. The molecule has 16 aromatic rings. The Morgan fingerprint density at radius 1 is 0.293 bits per heavy atom. The van der Waals surface area contributed by atoms with Crippen molar-refractivity contribution in [2.75, 3.05) is 0 Å². The van der Waals surface area contributed by atoms with Crippen molar-refractivity contribution in [3.8, 4) is 50.2 Å². The molecule has 11 heteroatoms. The third-order valence-corrected chi connectivity index (χ3v) is 28.6. The summed E-state index contributed by atoms with van der Waals surface area (Å²) in [5, 5.41) is 5.05. The van der Waals surface area contributed by atoms with Gasteiger partial charge in [0.2, 0.25) is 20.1 Å². The van der Waals surface area contributed by atoms with Crippen molar-refractivity contribution in [2.24, 2.45) is 0 Å². The summed E-state index contributed by atoms with van der Waals surface area (Å²) in [6.07, 6.45) is 0. The highest BCUT2D eigenvalue weighted by Gasteiger charge is 2.44. The summed E-state index contributed by atoms with van der Waals surface area (Å²) >= 11 is 11.6. The van der Waals surface area contributed by atoms with E-state index >= 15 is 0 Å². The van der Waals surface area contributed by atoms with E-state index in [9.17, 15) is 0 Å². The number of nitrogens with zero attached hydrogens (tertiary/aromatic N) is 1. The highest BCUT2D eigenvalue weighted by atomic mass is 32.2. The van der Waals surface area contributed by atoms with E-state index in [2.05, 4.69) is 298 Å². The first kappa shape index (κ1) is 57.8. The van der Waals surface area contributed by atoms with Gasteiger partial charge in [-0.05, 0) is 151 Å². The first-order valence-electron chi connectivity index (χ1n) is 34.0. The molecular weight excluding hydrogens is 1310 g/mol. The van der Waals surface area contributed by atoms with E-state index in [0.29, 0.717) is 0 Å². The Morgan fingerprint density at radius 3 is 1.47 bits per heavy atom. The molecule has 0 fully saturated rings. The van der Waals surface area contributed by atoms with Crippen molar-refractivity contribution in [3.05, 3.63) is 279 Å². The molecule has 14 aromatic carbocycles. The Labute approximate surface area is 601 Å². The molecule has 6 aliphatic heterocycles. The van der Waals surface area contributed by atoms with Crippen LogP contribution >= 0.6 is 70.6 Å². The monoisotopic (exact) mass is 1370 g/mol. The van der Waals surface area contributed by atoms with Gasteiger partial charge < -0.3 is 8.98 Å². The molecule has 0 radical (unpaired) electrons. The Kier molecular flexibility index (Phi) is 12.7. The van der Waals surface area contributed by atoms with Gasteiger partial charge in [0.05, 0.1) is 11.0 Å². The normalized spacial score (nSPS) is 14.1. The molecule has 0 bridgehead atoms. The average Bonchev–Trinajstić information content (AvgIpc) is 1.63. The Morgan fingerprint density at radius 2 is 0.778 bits per heavy atom. The van der Waals surface area contributed by atoms with E-state index in [0.717, 1.165) is 16.9 Å². The van der Waals surface area contributed by atoms with Crippen molar-refractivity contribution in [1.82, 2.24) is 4.57 Å². The highest BCUT2D eigenvalue weighted by molar-refractivity contribution is 8.02. The number of benzene rings is 14. The van der Waals surface area contributed by atoms with Crippen molar-refractivity contribution in [2.45, 2.75) is 84.9 Å². The smallest absolute Gasteiger partial charge is 0.247 e. The zero-order chi connectivity index (χ0) is 65.1.